The molecule has 0 spiro atoms. The van der Waals surface area contributed by atoms with Gasteiger partial charge in [-0.1, -0.05) is 12.2 Å². The van der Waals surface area contributed by atoms with E-state index in [9.17, 15) is 4.79 Å². The number of hydrogen-bond acceptors (Lipinski definition) is 6. The van der Waals surface area contributed by atoms with Gasteiger partial charge >= 0.3 is 0 Å². The van der Waals surface area contributed by atoms with Crippen LogP contribution in [0, 0.1) is 0 Å². The first kappa shape index (κ1) is 20.4. The van der Waals surface area contributed by atoms with Crippen LogP contribution >= 0.6 is 0 Å². The quantitative estimate of drug-likeness (QED) is 0.616. The lowest BCUT2D eigenvalue weighted by molar-refractivity contribution is 0.0966. The maximum Gasteiger partial charge on any atom is 0.252 e. The summed E-state index contributed by atoms with van der Waals surface area (Å²) in [5.74, 6) is 0.754. The second-order valence-electron chi connectivity index (χ2n) is 10.0. The van der Waals surface area contributed by atoms with Crippen LogP contribution in [0.2, 0.25) is 0 Å². The molecule has 0 fully saturated rings. The molecule has 0 saturated heterocycles. The third-order valence-electron chi connectivity index (χ3n) is 7.65. The van der Waals surface area contributed by atoms with Crippen molar-refractivity contribution in [1.29, 1.82) is 0 Å². The summed E-state index contributed by atoms with van der Waals surface area (Å²) in [5, 5.41) is 11.2. The molecule has 0 bridgehead atoms. The third kappa shape index (κ3) is 2.85. The monoisotopic (exact) mass is 465 g/mol. The van der Waals surface area contributed by atoms with Gasteiger partial charge in [-0.2, -0.15) is 5.10 Å². The van der Waals surface area contributed by atoms with Crippen molar-refractivity contribution < 1.29 is 4.79 Å². The van der Waals surface area contributed by atoms with Crippen molar-refractivity contribution in [3.8, 4) is 11.1 Å². The molecule has 1 amide bonds. The SMILES string of the molecule is CC(C)N1c2c3c(c4c(c2C2C=C(Nc5ncccn5)C=CC21)CNC4=O)-c1cn(C)nc1CC3. The highest BCUT2D eigenvalue weighted by Gasteiger charge is 2.46. The average molecular weight is 466 g/mol. The Morgan fingerprint density at radius 3 is 2.77 bits per heavy atom. The number of carbonyl (C=O) groups is 1. The van der Waals surface area contributed by atoms with Gasteiger partial charge in [0.2, 0.25) is 5.95 Å². The first-order valence-electron chi connectivity index (χ1n) is 12.3. The van der Waals surface area contributed by atoms with Crippen LogP contribution < -0.4 is 15.5 Å². The van der Waals surface area contributed by atoms with Gasteiger partial charge in [0, 0.05) is 66.7 Å². The van der Waals surface area contributed by atoms with Crippen molar-refractivity contribution in [2.45, 2.75) is 51.2 Å². The fourth-order valence-corrected chi connectivity index (χ4v) is 6.43. The van der Waals surface area contributed by atoms with Crippen LogP contribution in [-0.4, -0.2) is 37.7 Å². The molecule has 2 atom stereocenters. The van der Waals surface area contributed by atoms with Crippen LogP contribution in [0.25, 0.3) is 11.1 Å². The maximum atomic E-state index is 13.2. The lowest BCUT2D eigenvalue weighted by atomic mass is 9.79. The standard InChI is InChI=1S/C27H27N7O/c1-14(2)34-21-8-5-15(31-27-28-9-4-10-29-27)11-17(21)23-18-12-30-26(35)24(18)22-16(25(23)34)6-7-20-19(22)13-33(3)32-20/h4-5,8-11,13-14,17,21H,6-7,12H2,1-3H3,(H,30,35)(H,28,29,31). The Morgan fingerprint density at radius 1 is 1.14 bits per heavy atom. The smallest absolute Gasteiger partial charge is 0.252 e. The van der Waals surface area contributed by atoms with E-state index in [0.29, 0.717) is 18.5 Å². The van der Waals surface area contributed by atoms with Crippen molar-refractivity contribution in [2.24, 2.45) is 7.05 Å². The number of aromatic nitrogens is 4. The third-order valence-corrected chi connectivity index (χ3v) is 7.65. The number of nitrogens with zero attached hydrogens (tertiary/aromatic N) is 5. The van der Waals surface area contributed by atoms with Crippen molar-refractivity contribution in [2.75, 3.05) is 10.2 Å². The van der Waals surface area contributed by atoms with Gasteiger partial charge in [0.05, 0.1) is 17.3 Å². The largest absolute Gasteiger partial charge is 0.361 e. The molecule has 35 heavy (non-hydrogen) atoms. The van der Waals surface area contributed by atoms with E-state index in [2.05, 4.69) is 63.8 Å². The molecule has 1 aromatic carbocycles. The Bertz CT molecular complexity index is 1450. The molecule has 2 N–H and O–H groups in total. The van der Waals surface area contributed by atoms with Gasteiger partial charge in [-0.25, -0.2) is 9.97 Å². The minimum Gasteiger partial charge on any atom is -0.361 e. The van der Waals surface area contributed by atoms with Gasteiger partial charge in [-0.15, -0.1) is 0 Å². The summed E-state index contributed by atoms with van der Waals surface area (Å²) < 4.78 is 1.88. The normalized spacial score (nSPS) is 21.2. The van der Waals surface area contributed by atoms with E-state index in [1.54, 1.807) is 12.4 Å². The minimum atomic E-state index is 0.0293. The Hall–Kier alpha value is -3.94. The second kappa shape index (κ2) is 7.28. The Balaban J connectivity index is 1.46. The van der Waals surface area contributed by atoms with Crippen molar-refractivity contribution in [3.63, 3.8) is 0 Å². The molecule has 176 valence electrons. The van der Waals surface area contributed by atoms with Crippen LogP contribution in [0.3, 0.4) is 0 Å². The van der Waals surface area contributed by atoms with Crippen molar-refractivity contribution >= 4 is 17.5 Å². The number of carbonyl (C=O) groups excluding carboxylic acids is 1. The highest BCUT2D eigenvalue weighted by atomic mass is 16.1. The number of allylic oxidation sites excluding steroid dienone is 1. The van der Waals surface area contributed by atoms with Crippen LogP contribution in [0.5, 0.6) is 0 Å². The molecule has 0 saturated carbocycles. The van der Waals surface area contributed by atoms with Crippen LogP contribution in [0.1, 0.15) is 52.5 Å². The zero-order chi connectivity index (χ0) is 23.8. The van der Waals surface area contributed by atoms with E-state index in [-0.39, 0.29) is 17.9 Å². The predicted octanol–water partition coefficient (Wildman–Crippen LogP) is 3.47. The number of anilines is 2. The number of aryl methyl sites for hydroxylation is 2. The zero-order valence-corrected chi connectivity index (χ0v) is 20.0. The molecule has 2 unspecified atom stereocenters. The molecule has 8 nitrogen and oxygen atoms in total. The van der Waals surface area contributed by atoms with Gasteiger partial charge in [-0.3, -0.25) is 9.48 Å². The molecular weight excluding hydrogens is 438 g/mol. The fraction of sp³-hybridized carbons (Fsp3) is 0.333. The number of hydrogen-bond donors (Lipinski definition) is 2. The van der Waals surface area contributed by atoms with Gasteiger partial charge in [0.15, 0.2) is 0 Å². The summed E-state index contributed by atoms with van der Waals surface area (Å²) in [6, 6.07) is 2.33. The van der Waals surface area contributed by atoms with Crippen LogP contribution in [0.15, 0.2) is 48.6 Å². The molecule has 7 rings (SSSR count). The molecule has 4 heterocycles. The lowest BCUT2D eigenvalue weighted by Gasteiger charge is -2.34. The topological polar surface area (TPSA) is 88.0 Å². The highest BCUT2D eigenvalue weighted by molar-refractivity contribution is 6.08. The maximum absolute atomic E-state index is 13.2. The van der Waals surface area contributed by atoms with E-state index in [0.717, 1.165) is 46.5 Å². The Labute approximate surface area is 203 Å². The number of amides is 1. The molecule has 3 aromatic rings. The van der Waals surface area contributed by atoms with Gasteiger partial charge in [0.1, 0.15) is 0 Å². The second-order valence-corrected chi connectivity index (χ2v) is 10.0. The Morgan fingerprint density at radius 2 is 1.97 bits per heavy atom. The first-order valence-corrected chi connectivity index (χ1v) is 12.3. The summed E-state index contributed by atoms with van der Waals surface area (Å²) in [6.07, 6.45) is 14.0. The molecule has 0 radical (unpaired) electrons. The number of nitrogens with one attached hydrogen (secondary N) is 2. The molecule has 2 aliphatic heterocycles. The van der Waals surface area contributed by atoms with Crippen LogP contribution in [-0.2, 0) is 26.4 Å². The minimum absolute atomic E-state index is 0.0293. The highest BCUT2D eigenvalue weighted by Crippen LogP contribution is 2.55. The summed E-state index contributed by atoms with van der Waals surface area (Å²) in [4.78, 5) is 24.4. The summed E-state index contributed by atoms with van der Waals surface area (Å²) >= 11 is 0. The van der Waals surface area contributed by atoms with E-state index < -0.39 is 0 Å². The molecule has 2 aromatic heterocycles. The van der Waals surface area contributed by atoms with Gasteiger partial charge in [0.25, 0.3) is 5.91 Å². The number of benzene rings is 1. The molecule has 4 aliphatic rings. The van der Waals surface area contributed by atoms with E-state index >= 15 is 0 Å². The molecular formula is C27H27N7O. The van der Waals surface area contributed by atoms with E-state index in [1.807, 2.05) is 17.8 Å². The summed E-state index contributed by atoms with van der Waals surface area (Å²) in [5.41, 5.74) is 10.2. The summed E-state index contributed by atoms with van der Waals surface area (Å²) in [6.45, 7) is 5.09. The number of rotatable bonds is 3. The zero-order valence-electron chi connectivity index (χ0n) is 20.0. The fourth-order valence-electron chi connectivity index (χ4n) is 6.43. The van der Waals surface area contributed by atoms with Gasteiger partial charge in [-0.05, 0) is 55.5 Å². The van der Waals surface area contributed by atoms with Crippen LogP contribution in [0.4, 0.5) is 11.6 Å². The van der Waals surface area contributed by atoms with Crippen molar-refractivity contribution in [1.82, 2.24) is 25.1 Å². The van der Waals surface area contributed by atoms with E-state index in [1.165, 1.54) is 16.8 Å². The molecule has 2 aliphatic carbocycles. The van der Waals surface area contributed by atoms with Gasteiger partial charge < -0.3 is 15.5 Å². The predicted molar refractivity (Wildman–Crippen MR) is 134 cm³/mol. The van der Waals surface area contributed by atoms with E-state index in [4.69, 9.17) is 5.10 Å². The average Bonchev–Trinajstić information content (AvgIpc) is 3.51. The lowest BCUT2D eigenvalue weighted by Crippen LogP contribution is -2.39. The summed E-state index contributed by atoms with van der Waals surface area (Å²) in [7, 11) is 1.96. The molecule has 8 heteroatoms. The number of fused-ring (bicyclic) bond motifs is 10. The Kier molecular flexibility index (Phi) is 4.25. The van der Waals surface area contributed by atoms with Crippen molar-refractivity contribution in [3.05, 3.63) is 76.5 Å². The first-order chi connectivity index (χ1) is 17.0.